The largest absolute Gasteiger partial charge is 0.488 e. The van der Waals surface area contributed by atoms with Crippen molar-refractivity contribution in [3.8, 4) is 5.75 Å². The number of oxime groups is 1. The first kappa shape index (κ1) is 14.2. The van der Waals surface area contributed by atoms with Gasteiger partial charge in [-0.1, -0.05) is 24.9 Å². The van der Waals surface area contributed by atoms with Gasteiger partial charge >= 0.3 is 0 Å². The molecule has 0 bridgehead atoms. The van der Waals surface area contributed by atoms with Crippen LogP contribution >= 0.6 is 0 Å². The highest BCUT2D eigenvalue weighted by molar-refractivity contribution is 5.97. The van der Waals surface area contributed by atoms with Gasteiger partial charge in [-0.05, 0) is 18.6 Å². The fourth-order valence-corrected chi connectivity index (χ4v) is 1.43. The molecule has 0 aromatic heterocycles. The summed E-state index contributed by atoms with van der Waals surface area (Å²) >= 11 is 0. The van der Waals surface area contributed by atoms with E-state index in [1.807, 2.05) is 6.92 Å². The lowest BCUT2D eigenvalue weighted by Gasteiger charge is -2.09. The van der Waals surface area contributed by atoms with E-state index in [4.69, 9.17) is 15.7 Å². The molecule has 0 saturated carbocycles. The number of ether oxygens (including phenoxy) is 1. The molecule has 0 fully saturated rings. The molecule has 18 heavy (non-hydrogen) atoms. The first-order chi connectivity index (χ1) is 8.60. The van der Waals surface area contributed by atoms with Gasteiger partial charge in [0, 0.05) is 5.56 Å². The Morgan fingerprint density at radius 3 is 2.44 bits per heavy atom. The summed E-state index contributed by atoms with van der Waals surface area (Å²) in [5, 5.41) is 11.1. The highest BCUT2D eigenvalue weighted by atomic mass is 19.1. The van der Waals surface area contributed by atoms with Crippen molar-refractivity contribution in [1.82, 2.24) is 0 Å². The van der Waals surface area contributed by atoms with E-state index < -0.39 is 17.4 Å². The Balaban J connectivity index is 2.81. The van der Waals surface area contributed by atoms with Crippen LogP contribution in [0.4, 0.5) is 8.78 Å². The molecule has 0 atom stereocenters. The first-order valence-electron chi connectivity index (χ1n) is 5.69. The summed E-state index contributed by atoms with van der Waals surface area (Å²) in [4.78, 5) is 0. The normalized spacial score (nSPS) is 11.6. The summed E-state index contributed by atoms with van der Waals surface area (Å²) < 4.78 is 32.2. The molecular weight excluding hydrogens is 242 g/mol. The summed E-state index contributed by atoms with van der Waals surface area (Å²) in [7, 11) is 0. The monoisotopic (exact) mass is 258 g/mol. The highest BCUT2D eigenvalue weighted by Crippen LogP contribution is 2.23. The molecule has 4 nitrogen and oxygen atoms in total. The predicted molar refractivity (Wildman–Crippen MR) is 63.9 cm³/mol. The number of nitrogens with two attached hydrogens (primary N) is 1. The minimum Gasteiger partial charge on any atom is -0.488 e. The second-order valence-electron chi connectivity index (χ2n) is 3.81. The maximum absolute atomic E-state index is 13.6. The first-order valence-corrected chi connectivity index (χ1v) is 5.69. The lowest BCUT2D eigenvalue weighted by atomic mass is 10.2. The number of nitrogens with zero attached hydrogens (tertiary/aromatic N) is 1. The van der Waals surface area contributed by atoms with Crippen LogP contribution < -0.4 is 10.5 Å². The number of hydrogen-bond donors (Lipinski definition) is 2. The van der Waals surface area contributed by atoms with E-state index >= 15 is 0 Å². The fraction of sp³-hybridized carbons (Fsp3) is 0.417. The zero-order valence-corrected chi connectivity index (χ0v) is 10.1. The van der Waals surface area contributed by atoms with Crippen molar-refractivity contribution in [2.45, 2.75) is 26.2 Å². The van der Waals surface area contributed by atoms with Crippen molar-refractivity contribution in [2.24, 2.45) is 10.9 Å². The van der Waals surface area contributed by atoms with Crippen molar-refractivity contribution >= 4 is 5.84 Å². The molecular formula is C12H16F2N2O2. The van der Waals surface area contributed by atoms with Gasteiger partial charge in [-0.15, -0.1) is 0 Å². The van der Waals surface area contributed by atoms with Crippen LogP contribution in [-0.2, 0) is 0 Å². The van der Waals surface area contributed by atoms with Crippen LogP contribution in [0.5, 0.6) is 5.75 Å². The minimum atomic E-state index is -0.868. The zero-order chi connectivity index (χ0) is 13.5. The van der Waals surface area contributed by atoms with E-state index in [1.165, 1.54) is 0 Å². The van der Waals surface area contributed by atoms with Crippen LogP contribution in [0.1, 0.15) is 31.7 Å². The Kier molecular flexibility index (Phi) is 5.35. The molecule has 100 valence electrons. The van der Waals surface area contributed by atoms with E-state index in [9.17, 15) is 8.78 Å². The number of halogens is 2. The van der Waals surface area contributed by atoms with Crippen molar-refractivity contribution in [3.05, 3.63) is 29.3 Å². The van der Waals surface area contributed by atoms with Crippen LogP contribution in [0.15, 0.2) is 17.3 Å². The highest BCUT2D eigenvalue weighted by Gasteiger charge is 2.14. The third kappa shape index (κ3) is 3.58. The number of benzene rings is 1. The summed E-state index contributed by atoms with van der Waals surface area (Å²) in [6.07, 6.45) is 2.67. The van der Waals surface area contributed by atoms with Crippen LogP contribution in [0.2, 0.25) is 0 Å². The molecule has 0 unspecified atom stereocenters. The second-order valence-corrected chi connectivity index (χ2v) is 3.81. The van der Waals surface area contributed by atoms with Crippen molar-refractivity contribution in [1.29, 1.82) is 0 Å². The van der Waals surface area contributed by atoms with Gasteiger partial charge in [0.1, 0.15) is 0 Å². The van der Waals surface area contributed by atoms with E-state index in [0.717, 1.165) is 31.4 Å². The molecule has 1 aromatic carbocycles. The average molecular weight is 258 g/mol. The SMILES string of the molecule is CCCCCOc1c(F)cc(C(N)=NO)cc1F. The molecule has 1 aromatic rings. The molecule has 0 amide bonds. The fourth-order valence-electron chi connectivity index (χ4n) is 1.43. The van der Waals surface area contributed by atoms with Gasteiger partial charge in [0.15, 0.2) is 23.2 Å². The van der Waals surface area contributed by atoms with Crippen LogP contribution in [-0.4, -0.2) is 17.6 Å². The number of amidine groups is 1. The summed E-state index contributed by atoms with van der Waals surface area (Å²) in [5.74, 6) is -2.52. The Labute approximate surface area is 104 Å². The van der Waals surface area contributed by atoms with Crippen molar-refractivity contribution < 1.29 is 18.7 Å². The Hall–Kier alpha value is -1.85. The average Bonchev–Trinajstić information content (AvgIpc) is 2.35. The van der Waals surface area contributed by atoms with E-state index in [1.54, 1.807) is 0 Å². The molecule has 3 N–H and O–H groups in total. The lowest BCUT2D eigenvalue weighted by Crippen LogP contribution is -2.14. The topological polar surface area (TPSA) is 67.8 Å². The van der Waals surface area contributed by atoms with Gasteiger partial charge < -0.3 is 15.7 Å². The summed E-state index contributed by atoms with van der Waals surface area (Å²) in [6.45, 7) is 2.28. The minimum absolute atomic E-state index is 0.0339. The van der Waals surface area contributed by atoms with E-state index in [0.29, 0.717) is 0 Å². The van der Waals surface area contributed by atoms with Gasteiger partial charge in [-0.25, -0.2) is 8.78 Å². The number of unbranched alkanes of at least 4 members (excludes halogenated alkanes) is 2. The Bertz CT molecular complexity index is 413. The maximum Gasteiger partial charge on any atom is 0.190 e. The predicted octanol–water partition coefficient (Wildman–Crippen LogP) is 2.63. The molecule has 0 radical (unpaired) electrons. The smallest absolute Gasteiger partial charge is 0.190 e. The van der Waals surface area contributed by atoms with Crippen LogP contribution in [0, 0.1) is 11.6 Å². The molecule has 0 aliphatic rings. The van der Waals surface area contributed by atoms with Gasteiger partial charge in [-0.3, -0.25) is 0 Å². The van der Waals surface area contributed by atoms with Gasteiger partial charge in [-0.2, -0.15) is 0 Å². The molecule has 0 aliphatic carbocycles. The Morgan fingerprint density at radius 2 is 1.94 bits per heavy atom. The van der Waals surface area contributed by atoms with Gasteiger partial charge in [0.2, 0.25) is 0 Å². The van der Waals surface area contributed by atoms with Crippen LogP contribution in [0.25, 0.3) is 0 Å². The summed E-state index contributed by atoms with van der Waals surface area (Å²) in [5.41, 5.74) is 5.21. The van der Waals surface area contributed by atoms with Crippen molar-refractivity contribution in [2.75, 3.05) is 6.61 Å². The zero-order valence-electron chi connectivity index (χ0n) is 10.1. The van der Waals surface area contributed by atoms with Crippen LogP contribution in [0.3, 0.4) is 0 Å². The van der Waals surface area contributed by atoms with E-state index in [-0.39, 0.29) is 18.0 Å². The Morgan fingerprint density at radius 1 is 1.33 bits per heavy atom. The van der Waals surface area contributed by atoms with E-state index in [2.05, 4.69) is 5.16 Å². The molecule has 0 aliphatic heterocycles. The van der Waals surface area contributed by atoms with Crippen molar-refractivity contribution in [3.63, 3.8) is 0 Å². The second kappa shape index (κ2) is 6.78. The quantitative estimate of drug-likeness (QED) is 0.271. The third-order valence-corrected chi connectivity index (χ3v) is 2.40. The molecule has 1 rings (SSSR count). The number of hydrogen-bond acceptors (Lipinski definition) is 3. The molecule has 0 heterocycles. The molecule has 6 heteroatoms. The summed E-state index contributed by atoms with van der Waals surface area (Å²) in [6, 6.07) is 1.93. The maximum atomic E-state index is 13.6. The molecule has 0 saturated heterocycles. The lowest BCUT2D eigenvalue weighted by molar-refractivity contribution is 0.276. The van der Waals surface area contributed by atoms with Gasteiger partial charge in [0.05, 0.1) is 6.61 Å². The number of rotatable bonds is 6. The standard InChI is InChI=1S/C12H16F2N2O2/c1-2-3-4-5-18-11-9(13)6-8(7-10(11)14)12(15)16-17/h6-7,17H,2-5H2,1H3,(H2,15,16). The molecule has 0 spiro atoms. The van der Waals surface area contributed by atoms with Gasteiger partial charge in [0.25, 0.3) is 0 Å². The third-order valence-electron chi connectivity index (χ3n) is 2.40.